The van der Waals surface area contributed by atoms with Crippen LogP contribution in [0.25, 0.3) is 11.1 Å². The standard InChI is InChI=1S/C26H32N2O4/c1-14-9-18-19(26(4,5)8-7-25(18,2)3)12-16(14)17-10-15(21(29)13-22(17)32-6)11-20-23(30)28-24(31)27-20/h9-10,12-13,29-30H,7-8,11H2,1-6H3,(H2,27,28,31). The molecule has 170 valence electrons. The van der Waals surface area contributed by atoms with Gasteiger partial charge in [0.25, 0.3) is 0 Å². The van der Waals surface area contributed by atoms with E-state index in [-0.39, 0.29) is 28.9 Å². The van der Waals surface area contributed by atoms with Crippen LogP contribution in [0.15, 0.2) is 29.1 Å². The fraction of sp³-hybridized carbons (Fsp3) is 0.423. The molecule has 0 saturated heterocycles. The summed E-state index contributed by atoms with van der Waals surface area (Å²) < 4.78 is 5.63. The first-order chi connectivity index (χ1) is 14.9. The normalized spacial score (nSPS) is 16.6. The van der Waals surface area contributed by atoms with Gasteiger partial charge in [0, 0.05) is 23.6 Å². The third-order valence-corrected chi connectivity index (χ3v) is 7.04. The number of hydrogen-bond acceptors (Lipinski definition) is 4. The quantitative estimate of drug-likeness (QED) is 0.461. The molecule has 1 aliphatic rings. The van der Waals surface area contributed by atoms with Gasteiger partial charge in [0.2, 0.25) is 5.88 Å². The lowest BCUT2D eigenvalue weighted by atomic mass is 9.62. The lowest BCUT2D eigenvalue weighted by Gasteiger charge is -2.42. The molecule has 0 aliphatic heterocycles. The SMILES string of the molecule is COc1cc(O)c(Cc2[nH]c(=O)[nH]c2O)cc1-c1cc2c(cc1C)C(C)(C)CCC2(C)C. The Kier molecular flexibility index (Phi) is 5.15. The highest BCUT2D eigenvalue weighted by atomic mass is 16.5. The molecule has 0 amide bonds. The van der Waals surface area contributed by atoms with Crippen molar-refractivity contribution < 1.29 is 14.9 Å². The van der Waals surface area contributed by atoms with Gasteiger partial charge in [-0.25, -0.2) is 4.79 Å². The van der Waals surface area contributed by atoms with E-state index in [0.717, 1.165) is 29.5 Å². The summed E-state index contributed by atoms with van der Waals surface area (Å²) >= 11 is 0. The molecular weight excluding hydrogens is 404 g/mol. The molecule has 0 fully saturated rings. The number of fused-ring (bicyclic) bond motifs is 1. The number of aromatic amines is 2. The van der Waals surface area contributed by atoms with Crippen LogP contribution < -0.4 is 10.4 Å². The highest BCUT2D eigenvalue weighted by Crippen LogP contribution is 2.48. The third kappa shape index (κ3) is 3.68. The first-order valence-corrected chi connectivity index (χ1v) is 11.0. The lowest BCUT2D eigenvalue weighted by Crippen LogP contribution is -2.34. The average molecular weight is 437 g/mol. The summed E-state index contributed by atoms with van der Waals surface area (Å²) in [6.07, 6.45) is 2.44. The van der Waals surface area contributed by atoms with Crippen LogP contribution in [0.5, 0.6) is 17.4 Å². The number of nitrogens with one attached hydrogen (secondary N) is 2. The molecule has 6 nitrogen and oxygen atoms in total. The van der Waals surface area contributed by atoms with Crippen LogP contribution >= 0.6 is 0 Å². The van der Waals surface area contributed by atoms with Gasteiger partial charge < -0.3 is 19.9 Å². The first kappa shape index (κ1) is 22.1. The number of aromatic hydroxyl groups is 2. The summed E-state index contributed by atoms with van der Waals surface area (Å²) in [5, 5.41) is 20.6. The highest BCUT2D eigenvalue weighted by Gasteiger charge is 2.37. The molecule has 6 heteroatoms. The number of phenols is 1. The second-order valence-corrected chi connectivity index (χ2v) is 10.2. The smallest absolute Gasteiger partial charge is 0.325 e. The summed E-state index contributed by atoms with van der Waals surface area (Å²) in [6.45, 7) is 11.3. The zero-order valence-electron chi connectivity index (χ0n) is 19.6. The van der Waals surface area contributed by atoms with Crippen LogP contribution in [0.4, 0.5) is 0 Å². The number of rotatable bonds is 4. The Morgan fingerprint density at radius 2 is 1.56 bits per heavy atom. The van der Waals surface area contributed by atoms with Gasteiger partial charge in [-0.2, -0.15) is 0 Å². The van der Waals surface area contributed by atoms with Crippen LogP contribution in [0.2, 0.25) is 0 Å². The molecule has 4 rings (SSSR count). The molecule has 1 aliphatic carbocycles. The van der Waals surface area contributed by atoms with Crippen molar-refractivity contribution in [3.63, 3.8) is 0 Å². The molecule has 0 saturated carbocycles. The van der Waals surface area contributed by atoms with Gasteiger partial charge in [0.1, 0.15) is 11.5 Å². The van der Waals surface area contributed by atoms with Crippen LogP contribution in [0, 0.1) is 6.92 Å². The first-order valence-electron chi connectivity index (χ1n) is 11.0. The van der Waals surface area contributed by atoms with E-state index in [1.54, 1.807) is 13.2 Å². The molecule has 0 spiro atoms. The van der Waals surface area contributed by atoms with Crippen LogP contribution in [-0.4, -0.2) is 27.3 Å². The zero-order valence-corrected chi connectivity index (χ0v) is 19.6. The number of phenolic OH excluding ortho intramolecular Hbond substituents is 1. The number of aromatic nitrogens is 2. The van der Waals surface area contributed by atoms with Gasteiger partial charge in [-0.05, 0) is 65.0 Å². The Morgan fingerprint density at radius 1 is 0.938 bits per heavy atom. The molecule has 0 unspecified atom stereocenters. The molecule has 0 radical (unpaired) electrons. The monoisotopic (exact) mass is 436 g/mol. The summed E-state index contributed by atoms with van der Waals surface area (Å²) in [6, 6.07) is 8.06. The van der Waals surface area contributed by atoms with Gasteiger partial charge in [0.05, 0.1) is 12.8 Å². The predicted molar refractivity (Wildman–Crippen MR) is 126 cm³/mol. The lowest BCUT2D eigenvalue weighted by molar-refractivity contribution is 0.332. The second-order valence-electron chi connectivity index (χ2n) is 10.2. The number of hydrogen-bond donors (Lipinski definition) is 4. The van der Waals surface area contributed by atoms with Gasteiger partial charge in [-0.1, -0.05) is 33.8 Å². The van der Waals surface area contributed by atoms with Crippen molar-refractivity contribution in [3.8, 4) is 28.5 Å². The molecule has 1 heterocycles. The fourth-order valence-corrected chi connectivity index (χ4v) is 4.88. The van der Waals surface area contributed by atoms with Gasteiger partial charge in [-0.3, -0.25) is 4.98 Å². The van der Waals surface area contributed by atoms with Crippen LogP contribution in [0.3, 0.4) is 0 Å². The Bertz CT molecular complexity index is 1250. The summed E-state index contributed by atoms with van der Waals surface area (Å²) in [5.74, 6) is 0.402. The maximum atomic E-state index is 11.5. The molecule has 1 aromatic heterocycles. The maximum Gasteiger partial charge on any atom is 0.325 e. The minimum atomic E-state index is -0.485. The number of H-pyrrole nitrogens is 2. The van der Waals surface area contributed by atoms with Crippen molar-refractivity contribution in [3.05, 3.63) is 62.7 Å². The maximum absolute atomic E-state index is 11.5. The fourth-order valence-electron chi connectivity index (χ4n) is 4.88. The van der Waals surface area contributed by atoms with Crippen molar-refractivity contribution in [2.45, 2.75) is 64.7 Å². The van der Waals surface area contributed by atoms with Gasteiger partial charge in [0.15, 0.2) is 0 Å². The van der Waals surface area contributed by atoms with E-state index < -0.39 is 5.69 Å². The Balaban J connectivity index is 1.89. The number of aryl methyl sites for hydroxylation is 1. The number of ether oxygens (including phenoxy) is 1. The predicted octanol–water partition coefficient (Wildman–Crippen LogP) is 5.04. The van der Waals surface area contributed by atoms with E-state index in [1.165, 1.54) is 11.1 Å². The highest BCUT2D eigenvalue weighted by molar-refractivity contribution is 5.77. The average Bonchev–Trinajstić information content (AvgIpc) is 3.03. The minimum absolute atomic E-state index is 0.0455. The number of methoxy groups -OCH3 is 1. The molecule has 4 N–H and O–H groups in total. The summed E-state index contributed by atoms with van der Waals surface area (Å²) in [5.41, 5.74) is 6.42. The molecule has 32 heavy (non-hydrogen) atoms. The van der Waals surface area contributed by atoms with Crippen LogP contribution in [0.1, 0.15) is 68.5 Å². The number of benzene rings is 2. The van der Waals surface area contributed by atoms with E-state index in [9.17, 15) is 15.0 Å². The molecule has 3 aromatic rings. The molecule has 0 bridgehead atoms. The van der Waals surface area contributed by atoms with E-state index in [1.807, 2.05) is 6.07 Å². The summed E-state index contributed by atoms with van der Waals surface area (Å²) in [4.78, 5) is 16.4. The van der Waals surface area contributed by atoms with Crippen molar-refractivity contribution in [1.82, 2.24) is 9.97 Å². The van der Waals surface area contributed by atoms with Crippen molar-refractivity contribution in [2.24, 2.45) is 0 Å². The van der Waals surface area contributed by atoms with E-state index in [4.69, 9.17) is 4.74 Å². The van der Waals surface area contributed by atoms with Gasteiger partial charge >= 0.3 is 5.69 Å². The van der Waals surface area contributed by atoms with E-state index in [0.29, 0.717) is 17.0 Å². The Morgan fingerprint density at radius 3 is 2.12 bits per heavy atom. The van der Waals surface area contributed by atoms with Crippen molar-refractivity contribution in [2.75, 3.05) is 7.11 Å². The Labute approximate surface area is 188 Å². The topological polar surface area (TPSA) is 98.3 Å². The summed E-state index contributed by atoms with van der Waals surface area (Å²) in [7, 11) is 1.59. The minimum Gasteiger partial charge on any atom is -0.508 e. The van der Waals surface area contributed by atoms with Gasteiger partial charge in [-0.15, -0.1) is 0 Å². The molecule has 2 aromatic carbocycles. The zero-order chi connectivity index (χ0) is 23.4. The largest absolute Gasteiger partial charge is 0.508 e. The number of imidazole rings is 1. The molecule has 0 atom stereocenters. The van der Waals surface area contributed by atoms with Crippen LogP contribution in [-0.2, 0) is 17.3 Å². The van der Waals surface area contributed by atoms with E-state index in [2.05, 4.69) is 56.7 Å². The van der Waals surface area contributed by atoms with Crippen molar-refractivity contribution >= 4 is 0 Å². The van der Waals surface area contributed by atoms with E-state index >= 15 is 0 Å². The molecular formula is C26H32N2O4. The third-order valence-electron chi connectivity index (χ3n) is 7.04. The van der Waals surface area contributed by atoms with Crippen molar-refractivity contribution in [1.29, 1.82) is 0 Å². The Hall–Kier alpha value is -3.15. The second kappa shape index (κ2) is 7.47.